The summed E-state index contributed by atoms with van der Waals surface area (Å²) in [6.45, 7) is 6.69. The largest absolute Gasteiger partial charge is 0.488 e. The summed E-state index contributed by atoms with van der Waals surface area (Å²) in [4.78, 5) is 27.3. The molecule has 6 nitrogen and oxygen atoms in total. The molecule has 0 saturated carbocycles. The number of benzene rings is 3. The van der Waals surface area contributed by atoms with E-state index in [2.05, 4.69) is 5.32 Å². The van der Waals surface area contributed by atoms with Gasteiger partial charge in [-0.15, -0.1) is 0 Å². The topological polar surface area (TPSA) is 67.9 Å². The molecule has 0 unspecified atom stereocenters. The lowest BCUT2D eigenvalue weighted by molar-refractivity contribution is 0.0525. The maximum atomic E-state index is 13.7. The SMILES string of the molecule is CC(C)(C)OC(=O)NCCCN(Cc1ccc(Cl)cc1)C(=O)c1ccccc1OCc1ccc(F)cc1. The van der Waals surface area contributed by atoms with E-state index in [0.29, 0.717) is 42.4 Å². The first kappa shape index (κ1) is 28.0. The molecule has 37 heavy (non-hydrogen) atoms. The number of carbonyl (C=O) groups excluding carboxylic acids is 2. The molecule has 0 aliphatic carbocycles. The number of alkyl carbamates (subject to hydrolysis) is 1. The van der Waals surface area contributed by atoms with E-state index in [4.69, 9.17) is 21.1 Å². The number of nitrogens with zero attached hydrogens (tertiary/aromatic N) is 1. The third-order valence-corrected chi connectivity index (χ3v) is 5.52. The van der Waals surface area contributed by atoms with Crippen LogP contribution in [0.15, 0.2) is 72.8 Å². The molecule has 0 fully saturated rings. The van der Waals surface area contributed by atoms with Crippen LogP contribution in [0.3, 0.4) is 0 Å². The zero-order valence-corrected chi connectivity index (χ0v) is 22.1. The van der Waals surface area contributed by atoms with Crippen molar-refractivity contribution in [3.05, 3.63) is 100 Å². The number of ether oxygens (including phenoxy) is 2. The van der Waals surface area contributed by atoms with Crippen LogP contribution in [-0.2, 0) is 17.9 Å². The Morgan fingerprint density at radius 2 is 1.59 bits per heavy atom. The Labute approximate surface area is 222 Å². The second-order valence-corrected chi connectivity index (χ2v) is 9.98. The minimum Gasteiger partial charge on any atom is -0.488 e. The maximum absolute atomic E-state index is 13.7. The molecule has 0 spiro atoms. The summed E-state index contributed by atoms with van der Waals surface area (Å²) in [7, 11) is 0. The lowest BCUT2D eigenvalue weighted by Crippen LogP contribution is -2.36. The van der Waals surface area contributed by atoms with Gasteiger partial charge in [0.2, 0.25) is 0 Å². The van der Waals surface area contributed by atoms with Crippen molar-refractivity contribution >= 4 is 23.6 Å². The standard InChI is InChI=1S/C29H32ClFN2O4/c1-29(2,3)37-28(35)32-17-6-18-33(19-21-9-13-23(30)14-10-21)27(34)25-7-4-5-8-26(25)36-20-22-11-15-24(31)16-12-22/h4-5,7-16H,6,17-20H2,1-3H3,(H,32,35). The number of hydrogen-bond donors (Lipinski definition) is 1. The van der Waals surface area contributed by atoms with Gasteiger partial charge in [0.1, 0.15) is 23.8 Å². The van der Waals surface area contributed by atoms with E-state index >= 15 is 0 Å². The van der Waals surface area contributed by atoms with Crippen molar-refractivity contribution in [2.24, 2.45) is 0 Å². The fourth-order valence-electron chi connectivity index (χ4n) is 3.52. The van der Waals surface area contributed by atoms with Crippen LogP contribution >= 0.6 is 11.6 Å². The minimum absolute atomic E-state index is 0.196. The molecule has 0 aliphatic heterocycles. The summed E-state index contributed by atoms with van der Waals surface area (Å²) in [5, 5.41) is 3.34. The summed E-state index contributed by atoms with van der Waals surface area (Å²) in [5.41, 5.74) is 1.54. The van der Waals surface area contributed by atoms with Crippen LogP contribution in [0.2, 0.25) is 5.02 Å². The molecule has 3 aromatic rings. The second kappa shape index (κ2) is 13.1. The second-order valence-electron chi connectivity index (χ2n) is 9.55. The van der Waals surface area contributed by atoms with Gasteiger partial charge in [0.25, 0.3) is 5.91 Å². The summed E-state index contributed by atoms with van der Waals surface area (Å²) < 4.78 is 24.4. The average Bonchev–Trinajstić information content (AvgIpc) is 2.85. The van der Waals surface area contributed by atoms with Gasteiger partial charge in [-0.1, -0.05) is 48.0 Å². The first-order valence-electron chi connectivity index (χ1n) is 12.1. The molecule has 3 rings (SSSR count). The van der Waals surface area contributed by atoms with Gasteiger partial charge in [-0.2, -0.15) is 0 Å². The monoisotopic (exact) mass is 526 g/mol. The Balaban J connectivity index is 1.71. The van der Waals surface area contributed by atoms with E-state index in [1.165, 1.54) is 12.1 Å². The molecule has 3 aromatic carbocycles. The highest BCUT2D eigenvalue weighted by Gasteiger charge is 2.21. The summed E-state index contributed by atoms with van der Waals surface area (Å²) >= 11 is 6.03. The van der Waals surface area contributed by atoms with Gasteiger partial charge in [-0.05, 0) is 74.7 Å². The molecule has 1 N–H and O–H groups in total. The summed E-state index contributed by atoms with van der Waals surface area (Å²) in [5.74, 6) is -0.0925. The lowest BCUT2D eigenvalue weighted by atomic mass is 10.1. The molecule has 0 atom stereocenters. The molecule has 0 saturated heterocycles. The van der Waals surface area contributed by atoms with Crippen LogP contribution in [0.25, 0.3) is 0 Å². The number of nitrogens with one attached hydrogen (secondary N) is 1. The van der Waals surface area contributed by atoms with Crippen molar-refractivity contribution in [1.82, 2.24) is 10.2 Å². The number of halogens is 2. The third-order valence-electron chi connectivity index (χ3n) is 5.27. The van der Waals surface area contributed by atoms with Crippen molar-refractivity contribution in [3.8, 4) is 5.75 Å². The maximum Gasteiger partial charge on any atom is 0.407 e. The summed E-state index contributed by atoms with van der Waals surface area (Å²) in [6, 6.07) is 20.4. The molecule has 0 heterocycles. The van der Waals surface area contributed by atoms with Gasteiger partial charge in [0.05, 0.1) is 5.56 Å². The molecule has 0 aromatic heterocycles. The van der Waals surface area contributed by atoms with Gasteiger partial charge < -0.3 is 19.7 Å². The third kappa shape index (κ3) is 9.42. The predicted octanol–water partition coefficient (Wildman–Crippen LogP) is 6.62. The molecular weight excluding hydrogens is 495 g/mol. The zero-order chi connectivity index (χ0) is 26.8. The van der Waals surface area contributed by atoms with Crippen LogP contribution < -0.4 is 10.1 Å². The van der Waals surface area contributed by atoms with Crippen molar-refractivity contribution in [1.29, 1.82) is 0 Å². The highest BCUT2D eigenvalue weighted by Crippen LogP contribution is 2.23. The molecule has 2 amide bonds. The Morgan fingerprint density at radius 1 is 0.946 bits per heavy atom. The molecule has 8 heteroatoms. The molecule has 0 radical (unpaired) electrons. The van der Waals surface area contributed by atoms with Crippen LogP contribution in [0.4, 0.5) is 9.18 Å². The normalized spacial score (nSPS) is 11.1. The fourth-order valence-corrected chi connectivity index (χ4v) is 3.64. The van der Waals surface area contributed by atoms with Crippen LogP contribution in [-0.4, -0.2) is 35.6 Å². The number of hydrogen-bond acceptors (Lipinski definition) is 4. The Morgan fingerprint density at radius 3 is 2.27 bits per heavy atom. The van der Waals surface area contributed by atoms with Crippen molar-refractivity contribution in [2.45, 2.75) is 45.9 Å². The first-order chi connectivity index (χ1) is 17.6. The fraction of sp³-hybridized carbons (Fsp3) is 0.310. The van der Waals surface area contributed by atoms with E-state index in [-0.39, 0.29) is 18.3 Å². The Hall–Kier alpha value is -3.58. The van der Waals surface area contributed by atoms with Gasteiger partial charge in [0, 0.05) is 24.7 Å². The Bertz CT molecular complexity index is 1180. The van der Waals surface area contributed by atoms with Gasteiger partial charge in [-0.25, -0.2) is 9.18 Å². The van der Waals surface area contributed by atoms with Crippen LogP contribution in [0.5, 0.6) is 5.75 Å². The smallest absolute Gasteiger partial charge is 0.407 e. The number of para-hydroxylation sites is 1. The van der Waals surface area contributed by atoms with Gasteiger partial charge >= 0.3 is 6.09 Å². The van der Waals surface area contributed by atoms with Gasteiger partial charge in [0.15, 0.2) is 0 Å². The van der Waals surface area contributed by atoms with E-state index in [9.17, 15) is 14.0 Å². The molecule has 0 bridgehead atoms. The van der Waals surface area contributed by atoms with Gasteiger partial charge in [-0.3, -0.25) is 4.79 Å². The lowest BCUT2D eigenvalue weighted by Gasteiger charge is -2.25. The van der Waals surface area contributed by atoms with Crippen molar-refractivity contribution < 1.29 is 23.5 Å². The Kier molecular flexibility index (Phi) is 9.92. The molecule has 0 aliphatic rings. The number of rotatable bonds is 10. The van der Waals surface area contributed by atoms with Crippen LogP contribution in [0, 0.1) is 5.82 Å². The quantitative estimate of drug-likeness (QED) is 0.302. The van der Waals surface area contributed by atoms with E-state index in [1.807, 2.05) is 12.1 Å². The van der Waals surface area contributed by atoms with Crippen molar-refractivity contribution in [2.75, 3.05) is 13.1 Å². The predicted molar refractivity (Wildman–Crippen MR) is 142 cm³/mol. The highest BCUT2D eigenvalue weighted by atomic mass is 35.5. The average molecular weight is 527 g/mol. The molecule has 196 valence electrons. The molecular formula is C29H32ClFN2O4. The minimum atomic E-state index is -0.585. The number of carbonyl (C=O) groups is 2. The zero-order valence-electron chi connectivity index (χ0n) is 21.3. The van der Waals surface area contributed by atoms with E-state index in [1.54, 1.807) is 74.2 Å². The summed E-state index contributed by atoms with van der Waals surface area (Å²) in [6.07, 6.45) is 0.0274. The van der Waals surface area contributed by atoms with E-state index in [0.717, 1.165) is 11.1 Å². The number of amides is 2. The van der Waals surface area contributed by atoms with Crippen LogP contribution in [0.1, 0.15) is 48.7 Å². The van der Waals surface area contributed by atoms with Crippen molar-refractivity contribution in [3.63, 3.8) is 0 Å². The van der Waals surface area contributed by atoms with E-state index < -0.39 is 11.7 Å². The highest BCUT2D eigenvalue weighted by molar-refractivity contribution is 6.30. The first-order valence-corrected chi connectivity index (χ1v) is 12.5.